The van der Waals surface area contributed by atoms with E-state index in [-0.39, 0.29) is 19.9 Å². The number of carbonyl (C=O) groups is 1. The molecule has 3 heterocycles. The number of anilines is 3. The summed E-state index contributed by atoms with van der Waals surface area (Å²) in [6.45, 7) is 0.175. The van der Waals surface area contributed by atoms with Crippen LogP contribution in [0, 0.1) is 5.82 Å². The molecular formula is C19H19FN6O4. The average molecular weight is 414 g/mol. The van der Waals surface area contributed by atoms with E-state index in [1.807, 2.05) is 0 Å². The van der Waals surface area contributed by atoms with E-state index in [1.54, 1.807) is 37.6 Å². The summed E-state index contributed by atoms with van der Waals surface area (Å²) < 4.78 is 26.2. The first-order valence-corrected chi connectivity index (χ1v) is 9.08. The Hall–Kier alpha value is -3.57. The molecule has 10 nitrogen and oxygen atoms in total. The predicted molar refractivity (Wildman–Crippen MR) is 105 cm³/mol. The average Bonchev–Trinajstić information content (AvgIpc) is 3.35. The number of pyridine rings is 1. The fourth-order valence-electron chi connectivity index (χ4n) is 3.04. The van der Waals surface area contributed by atoms with Gasteiger partial charge in [0.05, 0.1) is 25.0 Å². The summed E-state index contributed by atoms with van der Waals surface area (Å²) >= 11 is 0. The summed E-state index contributed by atoms with van der Waals surface area (Å²) in [5.74, 6) is 0.523. The van der Waals surface area contributed by atoms with Gasteiger partial charge in [-0.1, -0.05) is 5.21 Å². The minimum absolute atomic E-state index is 0.172. The van der Waals surface area contributed by atoms with Crippen molar-refractivity contribution in [2.24, 2.45) is 0 Å². The van der Waals surface area contributed by atoms with E-state index in [4.69, 9.17) is 14.6 Å². The SMILES string of the molecule is COCn1cc(Nc2ccc(-c3ccc(N4CC(CO)OC4=O)cc3F)cn2)nn1. The molecule has 1 atom stereocenters. The number of hydrogen-bond acceptors (Lipinski definition) is 8. The van der Waals surface area contributed by atoms with Gasteiger partial charge in [0.25, 0.3) is 0 Å². The third-order valence-electron chi connectivity index (χ3n) is 4.47. The van der Waals surface area contributed by atoms with Crippen LogP contribution >= 0.6 is 0 Å². The minimum atomic E-state index is -0.611. The Kier molecular flexibility index (Phi) is 5.55. The highest BCUT2D eigenvalue weighted by Crippen LogP contribution is 2.29. The van der Waals surface area contributed by atoms with E-state index in [1.165, 1.54) is 21.8 Å². The minimum Gasteiger partial charge on any atom is -0.441 e. The molecule has 2 aromatic heterocycles. The molecular weight excluding hydrogens is 395 g/mol. The molecule has 0 bridgehead atoms. The number of carbonyl (C=O) groups excluding carboxylic acids is 1. The molecule has 0 spiro atoms. The van der Waals surface area contributed by atoms with Crippen LogP contribution in [0.5, 0.6) is 0 Å². The number of rotatable bonds is 7. The predicted octanol–water partition coefficient (Wildman–Crippen LogP) is 2.14. The molecule has 0 radical (unpaired) electrons. The second-order valence-electron chi connectivity index (χ2n) is 6.58. The molecule has 0 aliphatic carbocycles. The maximum Gasteiger partial charge on any atom is 0.414 e. The monoisotopic (exact) mass is 414 g/mol. The smallest absolute Gasteiger partial charge is 0.414 e. The van der Waals surface area contributed by atoms with Gasteiger partial charge in [-0.05, 0) is 30.3 Å². The van der Waals surface area contributed by atoms with Gasteiger partial charge in [-0.25, -0.2) is 18.9 Å². The molecule has 1 amide bonds. The highest BCUT2D eigenvalue weighted by molar-refractivity contribution is 5.90. The number of amides is 1. The molecule has 30 heavy (non-hydrogen) atoms. The Morgan fingerprint density at radius 2 is 2.20 bits per heavy atom. The van der Waals surface area contributed by atoms with Crippen molar-refractivity contribution in [1.29, 1.82) is 0 Å². The van der Waals surface area contributed by atoms with Gasteiger partial charge in [0, 0.05) is 24.4 Å². The first kappa shape index (κ1) is 19.7. The van der Waals surface area contributed by atoms with E-state index in [2.05, 4.69) is 20.6 Å². The van der Waals surface area contributed by atoms with Crippen molar-refractivity contribution in [3.8, 4) is 11.1 Å². The standard InChI is InChI=1S/C19H19FN6O4/c1-29-11-25-9-18(23-24-25)22-17-5-2-12(7-21-17)15-4-3-13(6-16(15)20)26-8-14(10-27)30-19(26)28/h2-7,9,14,27H,8,10-11H2,1H3,(H,21,22). The number of nitrogens with zero attached hydrogens (tertiary/aromatic N) is 5. The topological polar surface area (TPSA) is 115 Å². The number of hydrogen-bond donors (Lipinski definition) is 2. The van der Waals surface area contributed by atoms with E-state index in [0.717, 1.165) is 0 Å². The van der Waals surface area contributed by atoms with Crippen molar-refractivity contribution >= 4 is 23.4 Å². The van der Waals surface area contributed by atoms with Crippen LogP contribution in [0.15, 0.2) is 42.7 Å². The van der Waals surface area contributed by atoms with Gasteiger partial charge in [0.2, 0.25) is 0 Å². The summed E-state index contributed by atoms with van der Waals surface area (Å²) in [5, 5.41) is 20.0. The third-order valence-corrected chi connectivity index (χ3v) is 4.47. The molecule has 2 N–H and O–H groups in total. The molecule has 156 valence electrons. The lowest BCUT2D eigenvalue weighted by molar-refractivity contribution is 0.0963. The van der Waals surface area contributed by atoms with Crippen molar-refractivity contribution in [1.82, 2.24) is 20.0 Å². The Morgan fingerprint density at radius 1 is 1.33 bits per heavy atom. The van der Waals surface area contributed by atoms with Gasteiger partial charge >= 0.3 is 6.09 Å². The number of aromatic nitrogens is 4. The number of aliphatic hydroxyl groups excluding tert-OH is 1. The third kappa shape index (κ3) is 4.07. The van der Waals surface area contributed by atoms with Crippen LogP contribution in [0.1, 0.15) is 0 Å². The maximum absolute atomic E-state index is 14.7. The molecule has 1 aliphatic heterocycles. The zero-order chi connectivity index (χ0) is 21.1. The highest BCUT2D eigenvalue weighted by atomic mass is 19.1. The Labute approximate surface area is 170 Å². The quantitative estimate of drug-likeness (QED) is 0.604. The summed E-state index contributed by atoms with van der Waals surface area (Å²) in [4.78, 5) is 17.4. The zero-order valence-electron chi connectivity index (χ0n) is 16.0. The number of nitrogens with one attached hydrogen (secondary N) is 1. The number of ether oxygens (including phenoxy) is 2. The van der Waals surface area contributed by atoms with Crippen molar-refractivity contribution in [2.75, 3.05) is 30.5 Å². The Balaban J connectivity index is 1.48. The number of cyclic esters (lactones) is 1. The van der Waals surface area contributed by atoms with Crippen LogP contribution in [0.3, 0.4) is 0 Å². The number of methoxy groups -OCH3 is 1. The normalized spacial score (nSPS) is 16.0. The second-order valence-corrected chi connectivity index (χ2v) is 6.58. The maximum atomic E-state index is 14.7. The number of aliphatic hydroxyl groups is 1. The molecule has 3 aromatic rings. The van der Waals surface area contributed by atoms with Gasteiger partial charge < -0.3 is 19.9 Å². The van der Waals surface area contributed by atoms with Gasteiger partial charge in [-0.3, -0.25) is 4.90 Å². The fraction of sp³-hybridized carbons (Fsp3) is 0.263. The second kappa shape index (κ2) is 8.43. The molecule has 11 heteroatoms. The zero-order valence-corrected chi connectivity index (χ0v) is 16.0. The van der Waals surface area contributed by atoms with Crippen LogP contribution in [0.25, 0.3) is 11.1 Å². The lowest BCUT2D eigenvalue weighted by Gasteiger charge is -2.14. The lowest BCUT2D eigenvalue weighted by atomic mass is 10.1. The summed E-state index contributed by atoms with van der Waals surface area (Å²) in [6, 6.07) is 7.88. The van der Waals surface area contributed by atoms with Crippen LogP contribution in [-0.2, 0) is 16.2 Å². The lowest BCUT2D eigenvalue weighted by Crippen LogP contribution is -2.25. The molecule has 1 saturated heterocycles. The first-order valence-electron chi connectivity index (χ1n) is 9.08. The summed E-state index contributed by atoms with van der Waals surface area (Å²) in [7, 11) is 1.56. The van der Waals surface area contributed by atoms with Crippen molar-refractivity contribution in [3.05, 3.63) is 48.5 Å². The fourth-order valence-corrected chi connectivity index (χ4v) is 3.04. The highest BCUT2D eigenvalue weighted by Gasteiger charge is 2.32. The van der Waals surface area contributed by atoms with Crippen molar-refractivity contribution < 1.29 is 23.8 Å². The number of benzene rings is 1. The van der Waals surface area contributed by atoms with Crippen LogP contribution < -0.4 is 10.2 Å². The van der Waals surface area contributed by atoms with Gasteiger partial charge in [0.15, 0.2) is 5.82 Å². The molecule has 1 unspecified atom stereocenters. The van der Waals surface area contributed by atoms with E-state index in [9.17, 15) is 9.18 Å². The van der Waals surface area contributed by atoms with E-state index >= 15 is 0 Å². The Morgan fingerprint density at radius 3 is 2.87 bits per heavy atom. The van der Waals surface area contributed by atoms with E-state index < -0.39 is 18.0 Å². The van der Waals surface area contributed by atoms with Crippen molar-refractivity contribution in [2.45, 2.75) is 12.8 Å². The van der Waals surface area contributed by atoms with Crippen LogP contribution in [-0.4, -0.2) is 57.5 Å². The van der Waals surface area contributed by atoms with Crippen LogP contribution in [0.4, 0.5) is 26.5 Å². The molecule has 1 aromatic carbocycles. The number of halogens is 1. The van der Waals surface area contributed by atoms with Gasteiger partial charge in [-0.15, -0.1) is 5.10 Å². The summed E-state index contributed by atoms with van der Waals surface area (Å²) in [5.41, 5.74) is 1.28. The molecule has 1 aliphatic rings. The van der Waals surface area contributed by atoms with Gasteiger partial charge in [0.1, 0.15) is 24.5 Å². The molecule has 1 fully saturated rings. The van der Waals surface area contributed by atoms with Gasteiger partial charge in [-0.2, -0.15) is 0 Å². The first-order chi connectivity index (χ1) is 14.6. The molecule has 4 rings (SSSR count). The Bertz CT molecular complexity index is 1040. The summed E-state index contributed by atoms with van der Waals surface area (Å²) in [6.07, 6.45) is 1.98. The molecule has 0 saturated carbocycles. The largest absolute Gasteiger partial charge is 0.441 e. The van der Waals surface area contributed by atoms with E-state index in [0.29, 0.717) is 28.5 Å². The van der Waals surface area contributed by atoms with Crippen LogP contribution in [0.2, 0.25) is 0 Å². The van der Waals surface area contributed by atoms with Crippen molar-refractivity contribution in [3.63, 3.8) is 0 Å².